The van der Waals surface area contributed by atoms with E-state index in [0.717, 1.165) is 25.8 Å². The number of benzene rings is 1. The van der Waals surface area contributed by atoms with E-state index in [9.17, 15) is 0 Å². The molecule has 2 bridgehead atoms. The maximum Gasteiger partial charge on any atom is 0.162 e. The lowest BCUT2D eigenvalue weighted by atomic mass is 9.91. The third-order valence-electron chi connectivity index (χ3n) is 3.82. The zero-order valence-electron chi connectivity index (χ0n) is 11.1. The summed E-state index contributed by atoms with van der Waals surface area (Å²) < 4.78 is 12.0. The second-order valence-corrected chi connectivity index (χ2v) is 5.54. The Balaban J connectivity index is 1.72. The molecule has 0 saturated carbocycles. The van der Waals surface area contributed by atoms with Gasteiger partial charge in [-0.25, -0.2) is 0 Å². The second-order valence-electron chi connectivity index (χ2n) is 5.54. The molecular weight excluding hydrogens is 226 g/mol. The van der Waals surface area contributed by atoms with E-state index in [1.807, 2.05) is 0 Å². The fourth-order valence-electron chi connectivity index (χ4n) is 2.88. The molecule has 0 aliphatic carbocycles. The smallest absolute Gasteiger partial charge is 0.162 e. The minimum absolute atomic E-state index is 0.0363. The molecule has 1 fully saturated rings. The molecule has 3 unspecified atom stereocenters. The first-order valence-corrected chi connectivity index (χ1v) is 6.76. The molecule has 0 amide bonds. The molecule has 2 aliphatic rings. The van der Waals surface area contributed by atoms with Crippen molar-refractivity contribution < 1.29 is 9.47 Å². The monoisotopic (exact) mass is 247 g/mol. The fraction of sp³-hybridized carbons (Fsp3) is 0.600. The minimum atomic E-state index is -0.0363. The third kappa shape index (κ3) is 2.44. The molecule has 3 atom stereocenters. The van der Waals surface area contributed by atoms with Crippen molar-refractivity contribution in [2.45, 2.75) is 37.8 Å². The van der Waals surface area contributed by atoms with Crippen LogP contribution < -0.4 is 0 Å². The summed E-state index contributed by atoms with van der Waals surface area (Å²) in [5, 5.41) is 0. The van der Waals surface area contributed by atoms with Gasteiger partial charge >= 0.3 is 0 Å². The van der Waals surface area contributed by atoms with Crippen molar-refractivity contribution in [3.63, 3.8) is 0 Å². The Labute approximate surface area is 109 Å². The standard InChI is InChI=1S/C15H21NO2/c1-16(2)8-7-12-10-14-13-6-4-3-5-11(13)9-15(17-12)18-14/h3-6,12,14-15H,7-10H2,1-2H3. The van der Waals surface area contributed by atoms with Crippen LogP contribution in [0.4, 0.5) is 0 Å². The molecule has 3 rings (SSSR count). The van der Waals surface area contributed by atoms with Crippen molar-refractivity contribution in [2.24, 2.45) is 0 Å². The summed E-state index contributed by atoms with van der Waals surface area (Å²) in [5.41, 5.74) is 2.76. The van der Waals surface area contributed by atoms with E-state index in [-0.39, 0.29) is 12.4 Å². The van der Waals surface area contributed by atoms with Crippen LogP contribution in [0.3, 0.4) is 0 Å². The Morgan fingerprint density at radius 2 is 2.06 bits per heavy atom. The summed E-state index contributed by atoms with van der Waals surface area (Å²) in [6, 6.07) is 8.60. The Morgan fingerprint density at radius 3 is 2.89 bits per heavy atom. The van der Waals surface area contributed by atoms with Crippen molar-refractivity contribution in [1.82, 2.24) is 4.90 Å². The molecule has 3 heteroatoms. The molecule has 1 saturated heterocycles. The number of fused-ring (bicyclic) bond motifs is 4. The molecule has 1 aromatic rings. The Bertz CT molecular complexity index is 419. The van der Waals surface area contributed by atoms with Gasteiger partial charge in [-0.3, -0.25) is 0 Å². The van der Waals surface area contributed by atoms with Gasteiger partial charge in [-0.05, 0) is 38.2 Å². The van der Waals surface area contributed by atoms with Gasteiger partial charge in [-0.1, -0.05) is 24.3 Å². The van der Waals surface area contributed by atoms with Crippen LogP contribution >= 0.6 is 0 Å². The lowest BCUT2D eigenvalue weighted by molar-refractivity contribution is -0.252. The van der Waals surface area contributed by atoms with Crippen LogP contribution in [0.2, 0.25) is 0 Å². The molecule has 3 nitrogen and oxygen atoms in total. The first-order valence-electron chi connectivity index (χ1n) is 6.76. The fourth-order valence-corrected chi connectivity index (χ4v) is 2.88. The topological polar surface area (TPSA) is 21.7 Å². The van der Waals surface area contributed by atoms with Crippen LogP contribution in [0, 0.1) is 0 Å². The Kier molecular flexibility index (Phi) is 3.37. The number of rotatable bonds is 3. The van der Waals surface area contributed by atoms with Gasteiger partial charge < -0.3 is 14.4 Å². The van der Waals surface area contributed by atoms with Crippen LogP contribution in [0.25, 0.3) is 0 Å². The molecule has 2 heterocycles. The van der Waals surface area contributed by atoms with Gasteiger partial charge in [0.15, 0.2) is 6.29 Å². The van der Waals surface area contributed by atoms with Crippen LogP contribution in [0.1, 0.15) is 30.1 Å². The summed E-state index contributed by atoms with van der Waals surface area (Å²) in [6.07, 6.45) is 3.51. The second kappa shape index (κ2) is 5.00. The van der Waals surface area contributed by atoms with Gasteiger partial charge in [0.25, 0.3) is 0 Å². The van der Waals surface area contributed by atoms with Gasteiger partial charge in [0.05, 0.1) is 12.2 Å². The van der Waals surface area contributed by atoms with Crippen LogP contribution in [0.5, 0.6) is 0 Å². The van der Waals surface area contributed by atoms with Crippen LogP contribution in [-0.2, 0) is 15.9 Å². The van der Waals surface area contributed by atoms with Gasteiger partial charge in [0.2, 0.25) is 0 Å². The molecule has 98 valence electrons. The van der Waals surface area contributed by atoms with E-state index < -0.39 is 0 Å². The van der Waals surface area contributed by atoms with E-state index >= 15 is 0 Å². The maximum atomic E-state index is 6.02. The highest BCUT2D eigenvalue weighted by Crippen LogP contribution is 2.39. The third-order valence-corrected chi connectivity index (χ3v) is 3.82. The first kappa shape index (κ1) is 12.2. The molecule has 0 N–H and O–H groups in total. The minimum Gasteiger partial charge on any atom is -0.349 e. The van der Waals surface area contributed by atoms with Gasteiger partial charge in [-0.15, -0.1) is 0 Å². The van der Waals surface area contributed by atoms with E-state index in [4.69, 9.17) is 9.47 Å². The molecule has 18 heavy (non-hydrogen) atoms. The van der Waals surface area contributed by atoms with E-state index in [1.54, 1.807) is 0 Å². The summed E-state index contributed by atoms with van der Waals surface area (Å²) in [6.45, 7) is 1.08. The molecule has 2 aliphatic heterocycles. The lowest BCUT2D eigenvalue weighted by Crippen LogP contribution is -2.40. The van der Waals surface area contributed by atoms with Gasteiger partial charge in [-0.2, -0.15) is 0 Å². The van der Waals surface area contributed by atoms with E-state index in [1.165, 1.54) is 11.1 Å². The lowest BCUT2D eigenvalue weighted by Gasteiger charge is -2.40. The van der Waals surface area contributed by atoms with Crippen molar-refractivity contribution in [3.05, 3.63) is 35.4 Å². The zero-order chi connectivity index (χ0) is 12.5. The molecule has 0 radical (unpaired) electrons. The van der Waals surface area contributed by atoms with Crippen LogP contribution in [0.15, 0.2) is 24.3 Å². The predicted molar refractivity (Wildman–Crippen MR) is 70.4 cm³/mol. The molecule has 1 aromatic carbocycles. The quantitative estimate of drug-likeness (QED) is 0.818. The summed E-state index contributed by atoms with van der Waals surface area (Å²) in [4.78, 5) is 2.21. The summed E-state index contributed by atoms with van der Waals surface area (Å²) in [7, 11) is 4.21. The maximum absolute atomic E-state index is 6.02. The van der Waals surface area contributed by atoms with Crippen molar-refractivity contribution in [3.8, 4) is 0 Å². The van der Waals surface area contributed by atoms with E-state index in [2.05, 4.69) is 43.3 Å². The average molecular weight is 247 g/mol. The highest BCUT2D eigenvalue weighted by Gasteiger charge is 2.35. The molecule has 0 aromatic heterocycles. The van der Waals surface area contributed by atoms with Gasteiger partial charge in [0.1, 0.15) is 0 Å². The highest BCUT2D eigenvalue weighted by molar-refractivity contribution is 5.31. The number of nitrogens with zero attached hydrogens (tertiary/aromatic N) is 1. The summed E-state index contributed by atoms with van der Waals surface area (Å²) in [5.74, 6) is 0. The SMILES string of the molecule is CN(C)CCC1CC2OC(Cc3ccccc32)O1. The number of ether oxygens (including phenoxy) is 2. The van der Waals surface area contributed by atoms with Crippen molar-refractivity contribution in [1.29, 1.82) is 0 Å². The average Bonchev–Trinajstić information content (AvgIpc) is 2.36. The zero-order valence-corrected chi connectivity index (χ0v) is 11.1. The van der Waals surface area contributed by atoms with Crippen molar-refractivity contribution in [2.75, 3.05) is 20.6 Å². The Morgan fingerprint density at radius 1 is 1.22 bits per heavy atom. The summed E-state index contributed by atoms with van der Waals surface area (Å²) >= 11 is 0. The van der Waals surface area contributed by atoms with E-state index in [0.29, 0.717) is 6.10 Å². The molecule has 0 spiro atoms. The predicted octanol–water partition coefficient (Wildman–Crippen LogP) is 2.37. The highest BCUT2D eigenvalue weighted by atomic mass is 16.7. The number of hydrogen-bond donors (Lipinski definition) is 0. The normalized spacial score (nSPS) is 30.3. The molecular formula is C15H21NO2. The first-order chi connectivity index (χ1) is 8.72. The number of hydrogen-bond acceptors (Lipinski definition) is 3. The van der Waals surface area contributed by atoms with Crippen LogP contribution in [-0.4, -0.2) is 37.9 Å². The van der Waals surface area contributed by atoms with Gasteiger partial charge in [0, 0.05) is 12.8 Å². The largest absolute Gasteiger partial charge is 0.349 e. The Hall–Kier alpha value is -0.900. The van der Waals surface area contributed by atoms with Crippen molar-refractivity contribution >= 4 is 0 Å².